The van der Waals surface area contributed by atoms with Crippen LogP contribution in [0.1, 0.15) is 40.3 Å². The van der Waals surface area contributed by atoms with Gasteiger partial charge in [0.05, 0.1) is 11.8 Å². The number of carbonyl (C=O) groups excluding carboxylic acids is 2. The molecular weight excluding hydrogens is 434 g/mol. The first kappa shape index (κ1) is 22.8. The smallest absolute Gasteiger partial charge is 0.251 e. The van der Waals surface area contributed by atoms with E-state index < -0.39 is 0 Å². The highest BCUT2D eigenvalue weighted by Gasteiger charge is 2.23. The Hall–Kier alpha value is -3.39. The van der Waals surface area contributed by atoms with E-state index in [-0.39, 0.29) is 23.6 Å². The molecule has 1 aliphatic rings. The number of benzene rings is 2. The van der Waals surface area contributed by atoms with E-state index in [1.54, 1.807) is 18.2 Å². The molecule has 2 amide bonds. The van der Waals surface area contributed by atoms with Gasteiger partial charge >= 0.3 is 0 Å². The molecule has 0 saturated carbocycles. The predicted molar refractivity (Wildman–Crippen MR) is 129 cm³/mol. The number of hydrogen-bond acceptors (Lipinski definition) is 5. The van der Waals surface area contributed by atoms with Crippen molar-refractivity contribution in [3.05, 3.63) is 89.8 Å². The third-order valence-electron chi connectivity index (χ3n) is 5.64. The van der Waals surface area contributed by atoms with Crippen LogP contribution in [0.4, 0.5) is 0 Å². The molecule has 1 atom stereocenters. The standard InChI is InChI=1S/C25H27N5O2S/c1-3-14-30-23(18(2)26-24(32)20-10-5-4-6-11-20)27-28-25(30)33-17-22(31)29-15-13-19-9-7-8-12-21(19)16-29/h3-12,18H,1,13-17H2,2H3,(H,26,32). The maximum Gasteiger partial charge on any atom is 0.251 e. The lowest BCUT2D eigenvalue weighted by atomic mass is 10.00. The second-order valence-electron chi connectivity index (χ2n) is 7.92. The Balaban J connectivity index is 1.40. The van der Waals surface area contributed by atoms with Crippen LogP contribution in [0.15, 0.2) is 72.4 Å². The van der Waals surface area contributed by atoms with Gasteiger partial charge < -0.3 is 14.8 Å². The predicted octanol–water partition coefficient (Wildman–Crippen LogP) is 3.63. The highest BCUT2D eigenvalue weighted by molar-refractivity contribution is 7.99. The summed E-state index contributed by atoms with van der Waals surface area (Å²) in [6, 6.07) is 17.0. The summed E-state index contributed by atoms with van der Waals surface area (Å²) >= 11 is 1.36. The Morgan fingerprint density at radius 1 is 1.12 bits per heavy atom. The van der Waals surface area contributed by atoms with Gasteiger partial charge in [0.15, 0.2) is 11.0 Å². The molecule has 0 fully saturated rings. The number of allylic oxidation sites excluding steroid dienone is 1. The number of thioether (sulfide) groups is 1. The van der Waals surface area contributed by atoms with Gasteiger partial charge in [-0.3, -0.25) is 9.59 Å². The number of carbonyl (C=O) groups is 2. The highest BCUT2D eigenvalue weighted by Crippen LogP contribution is 2.23. The van der Waals surface area contributed by atoms with Gasteiger partial charge in [0.2, 0.25) is 5.91 Å². The van der Waals surface area contributed by atoms with E-state index in [9.17, 15) is 9.59 Å². The quantitative estimate of drug-likeness (QED) is 0.409. The first-order chi connectivity index (χ1) is 16.1. The third kappa shape index (κ3) is 5.34. The Labute approximate surface area is 197 Å². The molecule has 0 aliphatic carbocycles. The van der Waals surface area contributed by atoms with Crippen LogP contribution in [0.2, 0.25) is 0 Å². The highest BCUT2D eigenvalue weighted by atomic mass is 32.2. The maximum absolute atomic E-state index is 12.9. The lowest BCUT2D eigenvalue weighted by Crippen LogP contribution is -2.37. The van der Waals surface area contributed by atoms with Crippen molar-refractivity contribution in [1.29, 1.82) is 0 Å². The molecule has 0 radical (unpaired) electrons. The lowest BCUT2D eigenvalue weighted by Gasteiger charge is -2.28. The van der Waals surface area contributed by atoms with Crippen LogP contribution < -0.4 is 5.32 Å². The van der Waals surface area contributed by atoms with Gasteiger partial charge in [0.25, 0.3) is 5.91 Å². The number of rotatable bonds is 8. The van der Waals surface area contributed by atoms with Crippen molar-refractivity contribution in [1.82, 2.24) is 25.0 Å². The van der Waals surface area contributed by atoms with Crippen LogP contribution in [0.25, 0.3) is 0 Å². The summed E-state index contributed by atoms with van der Waals surface area (Å²) < 4.78 is 1.90. The summed E-state index contributed by atoms with van der Waals surface area (Å²) in [6.45, 7) is 7.55. The van der Waals surface area contributed by atoms with Gasteiger partial charge in [-0.1, -0.05) is 60.3 Å². The summed E-state index contributed by atoms with van der Waals surface area (Å²) in [6.07, 6.45) is 2.63. The Morgan fingerprint density at radius 3 is 2.61 bits per heavy atom. The molecule has 1 aromatic heterocycles. The second-order valence-corrected chi connectivity index (χ2v) is 8.87. The van der Waals surface area contributed by atoms with Crippen LogP contribution in [0.5, 0.6) is 0 Å². The topological polar surface area (TPSA) is 80.1 Å². The van der Waals surface area contributed by atoms with Gasteiger partial charge in [-0.05, 0) is 36.6 Å². The molecule has 2 heterocycles. The molecular formula is C25H27N5O2S. The molecule has 1 N–H and O–H groups in total. The van der Waals surface area contributed by atoms with Crippen LogP contribution in [-0.4, -0.2) is 43.8 Å². The zero-order chi connectivity index (χ0) is 23.2. The van der Waals surface area contributed by atoms with Crippen molar-refractivity contribution in [2.24, 2.45) is 0 Å². The van der Waals surface area contributed by atoms with Gasteiger partial charge in [0, 0.05) is 25.2 Å². The normalized spacial score (nSPS) is 13.8. The van der Waals surface area contributed by atoms with Crippen LogP contribution in [-0.2, 0) is 24.3 Å². The van der Waals surface area contributed by atoms with E-state index >= 15 is 0 Å². The van der Waals surface area contributed by atoms with Crippen LogP contribution >= 0.6 is 11.8 Å². The number of nitrogens with one attached hydrogen (secondary N) is 1. The summed E-state index contributed by atoms with van der Waals surface area (Å²) in [7, 11) is 0. The molecule has 3 aromatic rings. The maximum atomic E-state index is 12.9. The average molecular weight is 462 g/mol. The lowest BCUT2D eigenvalue weighted by molar-refractivity contribution is -0.129. The minimum absolute atomic E-state index is 0.0784. The summed E-state index contributed by atoms with van der Waals surface area (Å²) in [4.78, 5) is 27.3. The molecule has 0 saturated heterocycles. The number of amides is 2. The SMILES string of the molecule is C=CCn1c(SCC(=O)N2CCc3ccccc3C2)nnc1C(C)NC(=O)c1ccccc1. The second kappa shape index (κ2) is 10.5. The number of hydrogen-bond donors (Lipinski definition) is 1. The molecule has 2 aromatic carbocycles. The molecule has 170 valence electrons. The number of nitrogens with zero attached hydrogens (tertiary/aromatic N) is 4. The van der Waals surface area contributed by atoms with Crippen LogP contribution in [0, 0.1) is 0 Å². The summed E-state index contributed by atoms with van der Waals surface area (Å²) in [5.74, 6) is 0.809. The monoisotopic (exact) mass is 461 g/mol. The van der Waals surface area contributed by atoms with Crippen molar-refractivity contribution in [2.45, 2.75) is 37.6 Å². The van der Waals surface area contributed by atoms with Crippen molar-refractivity contribution in [3.8, 4) is 0 Å². The van der Waals surface area contributed by atoms with E-state index in [0.29, 0.717) is 29.6 Å². The number of aromatic nitrogens is 3. The van der Waals surface area contributed by atoms with Crippen LogP contribution in [0.3, 0.4) is 0 Å². The fraction of sp³-hybridized carbons (Fsp3) is 0.280. The van der Waals surface area contributed by atoms with Crippen molar-refractivity contribution in [3.63, 3.8) is 0 Å². The molecule has 33 heavy (non-hydrogen) atoms. The summed E-state index contributed by atoms with van der Waals surface area (Å²) in [5.41, 5.74) is 3.11. The molecule has 8 heteroatoms. The number of fused-ring (bicyclic) bond motifs is 1. The van der Waals surface area contributed by atoms with Gasteiger partial charge in [-0.15, -0.1) is 16.8 Å². The molecule has 0 spiro atoms. The molecule has 1 aliphatic heterocycles. The fourth-order valence-corrected chi connectivity index (χ4v) is 4.75. The molecule has 4 rings (SSSR count). The van der Waals surface area contributed by atoms with E-state index in [2.05, 4.69) is 34.2 Å². The minimum atomic E-state index is -0.353. The largest absolute Gasteiger partial charge is 0.342 e. The summed E-state index contributed by atoms with van der Waals surface area (Å²) in [5, 5.41) is 12.2. The van der Waals surface area contributed by atoms with Gasteiger partial charge in [0.1, 0.15) is 0 Å². The Bertz CT molecular complexity index is 1140. The minimum Gasteiger partial charge on any atom is -0.342 e. The third-order valence-corrected chi connectivity index (χ3v) is 6.59. The zero-order valence-electron chi connectivity index (χ0n) is 18.6. The first-order valence-corrected chi connectivity index (χ1v) is 11.9. The van der Waals surface area contributed by atoms with E-state index in [4.69, 9.17) is 0 Å². The molecule has 7 nitrogen and oxygen atoms in total. The van der Waals surface area contributed by atoms with Crippen molar-refractivity contribution < 1.29 is 9.59 Å². The van der Waals surface area contributed by atoms with Crippen molar-refractivity contribution >= 4 is 23.6 Å². The molecule has 0 bridgehead atoms. The Morgan fingerprint density at radius 2 is 1.85 bits per heavy atom. The van der Waals surface area contributed by atoms with E-state index in [1.807, 2.05) is 46.7 Å². The van der Waals surface area contributed by atoms with E-state index in [0.717, 1.165) is 13.0 Å². The van der Waals surface area contributed by atoms with Crippen molar-refractivity contribution in [2.75, 3.05) is 12.3 Å². The first-order valence-electron chi connectivity index (χ1n) is 10.9. The Kier molecular flexibility index (Phi) is 7.24. The van der Waals surface area contributed by atoms with E-state index in [1.165, 1.54) is 22.9 Å². The molecule has 1 unspecified atom stereocenters. The fourth-order valence-electron chi connectivity index (χ4n) is 3.89. The average Bonchev–Trinajstić information content (AvgIpc) is 3.25. The van der Waals surface area contributed by atoms with Gasteiger partial charge in [-0.2, -0.15) is 0 Å². The zero-order valence-corrected chi connectivity index (χ0v) is 19.4. The van der Waals surface area contributed by atoms with Gasteiger partial charge in [-0.25, -0.2) is 0 Å².